The summed E-state index contributed by atoms with van der Waals surface area (Å²) < 4.78 is 0. The normalized spacial score (nSPS) is 20.9. The van der Waals surface area contributed by atoms with E-state index < -0.39 is 0 Å². The second-order valence-electron chi connectivity index (χ2n) is 6.26. The van der Waals surface area contributed by atoms with Gasteiger partial charge in [-0.1, -0.05) is 12.1 Å². The third-order valence-electron chi connectivity index (χ3n) is 4.75. The summed E-state index contributed by atoms with van der Waals surface area (Å²) in [5.74, 6) is 0.769. The first-order valence-electron chi connectivity index (χ1n) is 8.03. The van der Waals surface area contributed by atoms with Gasteiger partial charge in [-0.3, -0.25) is 4.79 Å². The van der Waals surface area contributed by atoms with Crippen LogP contribution in [0.15, 0.2) is 24.3 Å². The molecule has 0 atom stereocenters. The first-order valence-corrected chi connectivity index (χ1v) is 8.03. The largest absolute Gasteiger partial charge is 0.507 e. The molecule has 21 heavy (non-hydrogen) atoms. The number of rotatable bonds is 3. The number of para-hydroxylation sites is 1. The lowest BCUT2D eigenvalue weighted by Crippen LogP contribution is -2.41. The van der Waals surface area contributed by atoms with Crippen LogP contribution in [0.5, 0.6) is 5.75 Å². The highest BCUT2D eigenvalue weighted by molar-refractivity contribution is 5.96. The molecule has 0 aromatic heterocycles. The molecule has 0 spiro atoms. The van der Waals surface area contributed by atoms with E-state index in [4.69, 9.17) is 0 Å². The fraction of sp³-hybridized carbons (Fsp3) is 0.588. The second-order valence-corrected chi connectivity index (χ2v) is 6.26. The molecule has 4 nitrogen and oxygen atoms in total. The number of nitrogens with zero attached hydrogens (tertiary/aromatic N) is 2. The first-order chi connectivity index (χ1) is 10.2. The summed E-state index contributed by atoms with van der Waals surface area (Å²) in [6.45, 7) is 5.31. The SMILES string of the molecule is O=C(c1ccccc1O)N1CCC(CN2CCCC2)CC1. The Hall–Kier alpha value is -1.55. The smallest absolute Gasteiger partial charge is 0.257 e. The summed E-state index contributed by atoms with van der Waals surface area (Å²) in [5.41, 5.74) is 0.426. The van der Waals surface area contributed by atoms with Gasteiger partial charge in [0.05, 0.1) is 5.56 Å². The lowest BCUT2D eigenvalue weighted by atomic mass is 9.95. The minimum absolute atomic E-state index is 0.0345. The van der Waals surface area contributed by atoms with Crippen molar-refractivity contribution in [1.82, 2.24) is 9.80 Å². The highest BCUT2D eigenvalue weighted by atomic mass is 16.3. The quantitative estimate of drug-likeness (QED) is 0.928. The van der Waals surface area contributed by atoms with E-state index in [9.17, 15) is 9.90 Å². The van der Waals surface area contributed by atoms with E-state index in [2.05, 4.69) is 4.90 Å². The fourth-order valence-electron chi connectivity index (χ4n) is 3.47. The van der Waals surface area contributed by atoms with Crippen LogP contribution in [-0.2, 0) is 0 Å². The molecule has 2 aliphatic heterocycles. The molecule has 1 aromatic rings. The molecule has 0 aliphatic carbocycles. The van der Waals surface area contributed by atoms with Crippen molar-refractivity contribution in [3.8, 4) is 5.75 Å². The summed E-state index contributed by atoms with van der Waals surface area (Å²) in [4.78, 5) is 16.9. The molecule has 0 unspecified atom stereocenters. The zero-order chi connectivity index (χ0) is 14.7. The number of aromatic hydroxyl groups is 1. The number of carbonyl (C=O) groups is 1. The maximum absolute atomic E-state index is 12.4. The van der Waals surface area contributed by atoms with Gasteiger partial charge >= 0.3 is 0 Å². The molecule has 0 radical (unpaired) electrons. The Morgan fingerprint density at radius 1 is 1.10 bits per heavy atom. The van der Waals surface area contributed by atoms with E-state index in [1.165, 1.54) is 32.5 Å². The summed E-state index contributed by atoms with van der Waals surface area (Å²) in [7, 11) is 0. The van der Waals surface area contributed by atoms with Gasteiger partial charge in [0.25, 0.3) is 5.91 Å². The molecule has 2 saturated heterocycles. The van der Waals surface area contributed by atoms with Gasteiger partial charge in [0.15, 0.2) is 0 Å². The lowest BCUT2D eigenvalue weighted by Gasteiger charge is -2.34. The molecule has 3 rings (SSSR count). The van der Waals surface area contributed by atoms with Gasteiger partial charge in [-0.15, -0.1) is 0 Å². The average molecular weight is 288 g/mol. The zero-order valence-electron chi connectivity index (χ0n) is 12.5. The first kappa shape index (κ1) is 14.4. The monoisotopic (exact) mass is 288 g/mol. The van der Waals surface area contributed by atoms with E-state index >= 15 is 0 Å². The van der Waals surface area contributed by atoms with E-state index in [1.807, 2.05) is 4.90 Å². The van der Waals surface area contributed by atoms with Gasteiger partial charge in [-0.25, -0.2) is 0 Å². The Kier molecular flexibility index (Phi) is 4.44. The van der Waals surface area contributed by atoms with Gasteiger partial charge < -0.3 is 14.9 Å². The van der Waals surface area contributed by atoms with Crippen molar-refractivity contribution >= 4 is 5.91 Å². The van der Waals surface area contributed by atoms with E-state index in [-0.39, 0.29) is 11.7 Å². The van der Waals surface area contributed by atoms with Crippen molar-refractivity contribution in [3.05, 3.63) is 29.8 Å². The van der Waals surface area contributed by atoms with Crippen LogP contribution in [0, 0.1) is 5.92 Å². The lowest BCUT2D eigenvalue weighted by molar-refractivity contribution is 0.0670. The standard InChI is InChI=1S/C17H24N2O2/c20-16-6-2-1-5-15(16)17(21)19-11-7-14(8-12-19)13-18-9-3-4-10-18/h1-2,5-6,14,20H,3-4,7-13H2. The maximum atomic E-state index is 12.4. The molecule has 114 valence electrons. The Morgan fingerprint density at radius 3 is 2.43 bits per heavy atom. The molecule has 0 saturated carbocycles. The highest BCUT2D eigenvalue weighted by Gasteiger charge is 2.26. The minimum Gasteiger partial charge on any atom is -0.507 e. The third kappa shape index (κ3) is 3.38. The summed E-state index contributed by atoms with van der Waals surface area (Å²) >= 11 is 0. The van der Waals surface area contributed by atoms with Gasteiger partial charge in [0, 0.05) is 19.6 Å². The van der Waals surface area contributed by atoms with Crippen LogP contribution in [-0.4, -0.2) is 53.5 Å². The Balaban J connectivity index is 1.53. The third-order valence-corrected chi connectivity index (χ3v) is 4.75. The molecular formula is C17H24N2O2. The maximum Gasteiger partial charge on any atom is 0.257 e. The van der Waals surface area contributed by atoms with Crippen LogP contribution in [0.4, 0.5) is 0 Å². The molecule has 1 aromatic carbocycles. The number of amides is 1. The molecule has 1 amide bonds. The Bertz CT molecular complexity index is 489. The van der Waals surface area contributed by atoms with Crippen LogP contribution in [0.2, 0.25) is 0 Å². The van der Waals surface area contributed by atoms with Crippen molar-refractivity contribution in [3.63, 3.8) is 0 Å². The van der Waals surface area contributed by atoms with E-state index in [0.29, 0.717) is 5.56 Å². The van der Waals surface area contributed by atoms with Crippen molar-refractivity contribution < 1.29 is 9.90 Å². The van der Waals surface area contributed by atoms with Crippen LogP contribution in [0.3, 0.4) is 0 Å². The van der Waals surface area contributed by atoms with Crippen LogP contribution in [0.1, 0.15) is 36.0 Å². The van der Waals surface area contributed by atoms with Crippen LogP contribution in [0.25, 0.3) is 0 Å². The van der Waals surface area contributed by atoms with Gasteiger partial charge in [-0.05, 0) is 56.8 Å². The predicted molar refractivity (Wildman–Crippen MR) is 82.4 cm³/mol. The average Bonchev–Trinajstić information content (AvgIpc) is 3.01. The molecule has 2 aliphatic rings. The Labute approximate surface area is 126 Å². The number of likely N-dealkylation sites (tertiary alicyclic amines) is 2. The molecule has 0 bridgehead atoms. The predicted octanol–water partition coefficient (Wildman–Crippen LogP) is 2.34. The minimum atomic E-state index is -0.0345. The Morgan fingerprint density at radius 2 is 1.76 bits per heavy atom. The van der Waals surface area contributed by atoms with Crippen LogP contribution < -0.4 is 0 Å². The van der Waals surface area contributed by atoms with Crippen molar-refractivity contribution in [1.29, 1.82) is 0 Å². The number of hydrogen-bond donors (Lipinski definition) is 1. The second kappa shape index (κ2) is 6.48. The molecule has 4 heteroatoms. The number of hydrogen-bond acceptors (Lipinski definition) is 3. The van der Waals surface area contributed by atoms with E-state index in [0.717, 1.165) is 31.8 Å². The molecule has 2 heterocycles. The number of phenols is 1. The van der Waals surface area contributed by atoms with Gasteiger partial charge in [0.1, 0.15) is 5.75 Å². The fourth-order valence-corrected chi connectivity index (χ4v) is 3.47. The van der Waals surface area contributed by atoms with E-state index in [1.54, 1.807) is 24.3 Å². The highest BCUT2D eigenvalue weighted by Crippen LogP contribution is 2.24. The molecule has 1 N–H and O–H groups in total. The number of carbonyl (C=O) groups excluding carboxylic acids is 1. The summed E-state index contributed by atoms with van der Waals surface area (Å²) in [5, 5.41) is 9.80. The number of piperidine rings is 1. The molecule has 2 fully saturated rings. The van der Waals surface area contributed by atoms with Crippen LogP contribution >= 0.6 is 0 Å². The number of phenolic OH excluding ortho intramolecular Hbond substituents is 1. The topological polar surface area (TPSA) is 43.8 Å². The van der Waals surface area contributed by atoms with Gasteiger partial charge in [0.2, 0.25) is 0 Å². The van der Waals surface area contributed by atoms with Gasteiger partial charge in [-0.2, -0.15) is 0 Å². The van der Waals surface area contributed by atoms with Crippen molar-refractivity contribution in [2.45, 2.75) is 25.7 Å². The van der Waals surface area contributed by atoms with Crippen molar-refractivity contribution in [2.24, 2.45) is 5.92 Å². The zero-order valence-corrected chi connectivity index (χ0v) is 12.5. The summed E-state index contributed by atoms with van der Waals surface area (Å²) in [6.07, 6.45) is 4.83. The molecular weight excluding hydrogens is 264 g/mol. The number of benzene rings is 1. The summed E-state index contributed by atoms with van der Waals surface area (Å²) in [6, 6.07) is 6.82. The van der Waals surface area contributed by atoms with Crippen molar-refractivity contribution in [2.75, 3.05) is 32.7 Å².